The number of aromatic nitrogens is 3. The fraction of sp³-hybridized carbons (Fsp3) is 0.148. The first-order valence-corrected chi connectivity index (χ1v) is 20.7. The molecule has 6 heteroatoms. The van der Waals surface area contributed by atoms with Gasteiger partial charge in [0.15, 0.2) is 0 Å². The third-order valence-electron chi connectivity index (χ3n) is 12.6. The first kappa shape index (κ1) is 35.9. The first-order chi connectivity index (χ1) is 29.1. The summed E-state index contributed by atoms with van der Waals surface area (Å²) < 4.78 is 9.03. The lowest BCUT2D eigenvalue weighted by Gasteiger charge is -2.28. The van der Waals surface area contributed by atoms with Crippen molar-refractivity contribution in [3.63, 3.8) is 0 Å². The molecule has 9 aromatic rings. The van der Waals surface area contributed by atoms with Crippen LogP contribution in [0.4, 0.5) is 22.7 Å². The summed E-state index contributed by atoms with van der Waals surface area (Å²) >= 11 is 0. The Bertz CT molecular complexity index is 3140. The molecule has 0 N–H and O–H groups in total. The summed E-state index contributed by atoms with van der Waals surface area (Å²) in [4.78, 5) is 14.2. The Balaban J connectivity index is 0.994. The summed E-state index contributed by atoms with van der Waals surface area (Å²) in [5.41, 5.74) is 15.5. The molecule has 0 radical (unpaired) electrons. The van der Waals surface area contributed by atoms with E-state index in [0.29, 0.717) is 6.67 Å². The first-order valence-electron chi connectivity index (χ1n) is 20.7. The van der Waals surface area contributed by atoms with Crippen LogP contribution in [0, 0.1) is 0 Å². The third kappa shape index (κ3) is 5.62. The van der Waals surface area contributed by atoms with Crippen LogP contribution in [0.3, 0.4) is 0 Å². The number of benzene rings is 6. The minimum atomic E-state index is -0.133. The molecule has 0 amide bonds. The number of nitrogens with zero attached hydrogens (tertiary/aromatic N) is 5. The Morgan fingerprint density at radius 1 is 0.583 bits per heavy atom. The van der Waals surface area contributed by atoms with Crippen molar-refractivity contribution >= 4 is 44.6 Å². The summed E-state index contributed by atoms with van der Waals surface area (Å²) in [6.07, 6.45) is 5.70. The molecule has 11 rings (SSSR count). The summed E-state index contributed by atoms with van der Waals surface area (Å²) in [6.45, 7) is 12.0. The summed E-state index contributed by atoms with van der Waals surface area (Å²) in [5, 5.41) is 2.34. The molecule has 4 heterocycles. The van der Waals surface area contributed by atoms with Gasteiger partial charge < -0.3 is 14.5 Å². The number of rotatable bonds is 6. The smallest absolute Gasteiger partial charge is 0.137 e. The van der Waals surface area contributed by atoms with E-state index in [4.69, 9.17) is 9.72 Å². The lowest BCUT2D eigenvalue weighted by molar-refractivity contribution is 0.483. The molecule has 3 aromatic heterocycles. The van der Waals surface area contributed by atoms with Crippen molar-refractivity contribution in [3.05, 3.63) is 187 Å². The summed E-state index contributed by atoms with van der Waals surface area (Å²) in [5.74, 6) is 2.43. The van der Waals surface area contributed by atoms with E-state index in [-0.39, 0.29) is 10.8 Å². The number of pyridine rings is 2. The van der Waals surface area contributed by atoms with Crippen molar-refractivity contribution in [2.24, 2.45) is 0 Å². The number of anilines is 4. The van der Waals surface area contributed by atoms with Gasteiger partial charge in [-0.1, -0.05) is 107 Å². The molecular formula is C54H45N5O. The molecule has 0 fully saturated rings. The molecule has 0 atom stereocenters. The molecule has 0 spiro atoms. The molecule has 6 aromatic carbocycles. The molecule has 1 aliphatic heterocycles. The number of hydrogen-bond acceptors (Lipinski definition) is 5. The highest BCUT2D eigenvalue weighted by Crippen LogP contribution is 2.57. The van der Waals surface area contributed by atoms with Gasteiger partial charge in [-0.3, -0.25) is 9.55 Å². The van der Waals surface area contributed by atoms with Gasteiger partial charge in [-0.05, 0) is 100.0 Å². The number of ether oxygens (including phenoxy) is 1. The molecule has 292 valence electrons. The Kier molecular flexibility index (Phi) is 8.05. The van der Waals surface area contributed by atoms with Crippen LogP contribution in [0.1, 0.15) is 51.3 Å². The second kappa shape index (κ2) is 13.4. The Labute approximate surface area is 351 Å². The topological polar surface area (TPSA) is 46.4 Å². The van der Waals surface area contributed by atoms with Gasteiger partial charge in [0.1, 0.15) is 24.0 Å². The average Bonchev–Trinajstić information content (AvgIpc) is 3.89. The zero-order valence-electron chi connectivity index (χ0n) is 34.5. The summed E-state index contributed by atoms with van der Waals surface area (Å²) in [7, 11) is 0. The molecular weight excluding hydrogens is 735 g/mol. The van der Waals surface area contributed by atoms with Gasteiger partial charge in [-0.15, -0.1) is 0 Å². The lowest BCUT2D eigenvalue weighted by atomic mass is 9.82. The van der Waals surface area contributed by atoms with Crippen LogP contribution in [0.15, 0.2) is 170 Å². The Hall–Kier alpha value is -7.18. The van der Waals surface area contributed by atoms with Crippen LogP contribution >= 0.6 is 0 Å². The fourth-order valence-corrected chi connectivity index (χ4v) is 9.57. The normalized spacial score (nSPS) is 14.1. The van der Waals surface area contributed by atoms with E-state index < -0.39 is 0 Å². The zero-order chi connectivity index (χ0) is 40.8. The van der Waals surface area contributed by atoms with E-state index in [9.17, 15) is 0 Å². The van der Waals surface area contributed by atoms with Crippen LogP contribution in [-0.2, 0) is 10.8 Å². The van der Waals surface area contributed by atoms with Crippen LogP contribution in [0.5, 0.6) is 11.5 Å². The molecule has 0 saturated heterocycles. The monoisotopic (exact) mass is 779 g/mol. The Morgan fingerprint density at radius 3 is 2.15 bits per heavy atom. The lowest BCUT2D eigenvalue weighted by Crippen LogP contribution is -2.25. The highest BCUT2D eigenvalue weighted by Gasteiger charge is 2.40. The quantitative estimate of drug-likeness (QED) is 0.168. The van der Waals surface area contributed by atoms with E-state index in [0.717, 1.165) is 56.4 Å². The largest absolute Gasteiger partial charge is 0.457 e. The zero-order valence-corrected chi connectivity index (χ0v) is 34.5. The molecule has 0 bridgehead atoms. The fourth-order valence-electron chi connectivity index (χ4n) is 9.57. The maximum Gasteiger partial charge on any atom is 0.137 e. The molecule has 0 saturated carbocycles. The van der Waals surface area contributed by atoms with E-state index in [1.54, 1.807) is 0 Å². The maximum absolute atomic E-state index is 6.77. The van der Waals surface area contributed by atoms with Gasteiger partial charge in [-0.25, -0.2) is 4.98 Å². The van der Waals surface area contributed by atoms with E-state index in [2.05, 4.69) is 200 Å². The van der Waals surface area contributed by atoms with Crippen molar-refractivity contribution in [2.75, 3.05) is 16.5 Å². The van der Waals surface area contributed by atoms with Gasteiger partial charge in [0.25, 0.3) is 0 Å². The number of fused-ring (bicyclic) bond motifs is 7. The van der Waals surface area contributed by atoms with E-state index in [1.807, 2.05) is 24.7 Å². The SMILES string of the molecule is CC(C)(C)c1ccnc(-n2c3ccccc3c3ccc(Oc4cccc(N5CN(c6c(-c7ccncc7)ccc7c6-c6ccccc6C7(C)C)c6ccccc65)c4)cc32)c1. The van der Waals surface area contributed by atoms with E-state index >= 15 is 0 Å². The number of hydrogen-bond donors (Lipinski definition) is 0. The number of para-hydroxylation sites is 3. The van der Waals surface area contributed by atoms with Gasteiger partial charge in [0, 0.05) is 63.7 Å². The van der Waals surface area contributed by atoms with Crippen LogP contribution < -0.4 is 14.5 Å². The predicted molar refractivity (Wildman–Crippen MR) is 247 cm³/mol. The van der Waals surface area contributed by atoms with Crippen molar-refractivity contribution in [3.8, 4) is 39.6 Å². The molecule has 0 unspecified atom stereocenters. The average molecular weight is 780 g/mol. The van der Waals surface area contributed by atoms with Gasteiger partial charge in [-0.2, -0.15) is 0 Å². The van der Waals surface area contributed by atoms with Crippen molar-refractivity contribution < 1.29 is 4.74 Å². The third-order valence-corrected chi connectivity index (χ3v) is 12.6. The maximum atomic E-state index is 6.77. The highest BCUT2D eigenvalue weighted by molar-refractivity contribution is 6.09. The second-order valence-electron chi connectivity index (χ2n) is 17.6. The molecule has 1 aliphatic carbocycles. The molecule has 60 heavy (non-hydrogen) atoms. The Morgan fingerprint density at radius 2 is 1.32 bits per heavy atom. The highest BCUT2D eigenvalue weighted by atomic mass is 16.5. The molecule has 2 aliphatic rings. The predicted octanol–water partition coefficient (Wildman–Crippen LogP) is 13.9. The van der Waals surface area contributed by atoms with Gasteiger partial charge >= 0.3 is 0 Å². The summed E-state index contributed by atoms with van der Waals surface area (Å²) in [6, 6.07) is 54.3. The van der Waals surface area contributed by atoms with Crippen LogP contribution in [-0.4, -0.2) is 21.2 Å². The van der Waals surface area contributed by atoms with Gasteiger partial charge in [0.2, 0.25) is 0 Å². The van der Waals surface area contributed by atoms with Crippen molar-refractivity contribution in [1.29, 1.82) is 0 Å². The van der Waals surface area contributed by atoms with Crippen molar-refractivity contribution in [1.82, 2.24) is 14.5 Å². The second-order valence-corrected chi connectivity index (χ2v) is 17.6. The standard InChI is InChI=1S/C54H45N5O/c1-53(2,3)36-27-30-56-50(31-36)59-46-18-9-7-15-41(46)42-22-21-39(33-49(42)59)60-38-14-12-13-37(32-38)57-34-58(48-20-11-10-19-47(48)57)52-40(35-25-28-55-29-26-35)23-24-45-51(52)43-16-6-8-17-44(43)54(45,4)5/h6-33H,34H2,1-5H3. The van der Waals surface area contributed by atoms with E-state index in [1.165, 1.54) is 44.5 Å². The minimum Gasteiger partial charge on any atom is -0.457 e. The van der Waals surface area contributed by atoms with Crippen LogP contribution in [0.2, 0.25) is 0 Å². The van der Waals surface area contributed by atoms with Crippen molar-refractivity contribution in [2.45, 2.75) is 45.4 Å². The van der Waals surface area contributed by atoms with Crippen LogP contribution in [0.25, 0.3) is 49.9 Å². The minimum absolute atomic E-state index is 0.00596. The molecule has 6 nitrogen and oxygen atoms in total. The van der Waals surface area contributed by atoms with Gasteiger partial charge in [0.05, 0.1) is 28.1 Å².